The van der Waals surface area contributed by atoms with E-state index in [9.17, 15) is 13.6 Å². The van der Waals surface area contributed by atoms with E-state index in [1.54, 1.807) is 0 Å². The molecule has 0 atom stereocenters. The average Bonchev–Trinajstić information content (AvgIpc) is 2.44. The van der Waals surface area contributed by atoms with Gasteiger partial charge in [-0.25, -0.2) is 8.78 Å². The maximum Gasteiger partial charge on any atom is 0.179 e. The van der Waals surface area contributed by atoms with Gasteiger partial charge < -0.3 is 4.74 Å². The van der Waals surface area contributed by atoms with Gasteiger partial charge in [-0.1, -0.05) is 0 Å². The van der Waals surface area contributed by atoms with Crippen LogP contribution in [0.15, 0.2) is 18.2 Å². The molecule has 0 radical (unpaired) electrons. The monoisotopic (exact) mass is 283 g/mol. The van der Waals surface area contributed by atoms with E-state index >= 15 is 0 Å². The van der Waals surface area contributed by atoms with Crippen LogP contribution in [0.25, 0.3) is 0 Å². The largest absolute Gasteiger partial charge is 0.378 e. The van der Waals surface area contributed by atoms with Crippen molar-refractivity contribution in [2.24, 2.45) is 0 Å². The fourth-order valence-electron chi connectivity index (χ4n) is 2.47. The third kappa shape index (κ3) is 3.84. The minimum atomic E-state index is -0.666. The average molecular weight is 283 g/mol. The predicted molar refractivity (Wildman–Crippen MR) is 71.8 cm³/mol. The normalized spacial score (nSPS) is 17.4. The SMILES string of the molecule is CCOC1CCN(CC(=O)c2cc(F)ccc2F)CC1. The molecule has 0 spiro atoms. The molecule has 0 unspecified atom stereocenters. The van der Waals surface area contributed by atoms with E-state index < -0.39 is 11.6 Å². The summed E-state index contributed by atoms with van der Waals surface area (Å²) in [6.45, 7) is 4.26. The Bertz CT molecular complexity index is 471. The number of nitrogens with zero attached hydrogens (tertiary/aromatic N) is 1. The zero-order valence-corrected chi connectivity index (χ0v) is 11.6. The van der Waals surface area contributed by atoms with E-state index in [-0.39, 0.29) is 24.0 Å². The second kappa shape index (κ2) is 6.90. The molecule has 0 N–H and O–H groups in total. The van der Waals surface area contributed by atoms with Crippen LogP contribution < -0.4 is 0 Å². The lowest BCUT2D eigenvalue weighted by Crippen LogP contribution is -2.40. The number of carbonyl (C=O) groups is 1. The van der Waals surface area contributed by atoms with Gasteiger partial charge in [-0.05, 0) is 38.0 Å². The van der Waals surface area contributed by atoms with Crippen LogP contribution in [0.1, 0.15) is 30.1 Å². The molecule has 0 aromatic heterocycles. The van der Waals surface area contributed by atoms with Gasteiger partial charge in [0, 0.05) is 19.7 Å². The molecule has 0 saturated carbocycles. The molecule has 3 nitrogen and oxygen atoms in total. The molecule has 1 aliphatic heterocycles. The van der Waals surface area contributed by atoms with Crippen molar-refractivity contribution in [1.82, 2.24) is 4.90 Å². The number of carbonyl (C=O) groups excluding carboxylic acids is 1. The lowest BCUT2D eigenvalue weighted by Gasteiger charge is -2.31. The van der Waals surface area contributed by atoms with Gasteiger partial charge in [0.2, 0.25) is 0 Å². The number of piperidine rings is 1. The van der Waals surface area contributed by atoms with Crippen molar-refractivity contribution >= 4 is 5.78 Å². The van der Waals surface area contributed by atoms with Crippen LogP contribution in [0, 0.1) is 11.6 Å². The summed E-state index contributed by atoms with van der Waals surface area (Å²) in [4.78, 5) is 14.0. The number of hydrogen-bond acceptors (Lipinski definition) is 3. The van der Waals surface area contributed by atoms with Crippen LogP contribution in [-0.2, 0) is 4.74 Å². The van der Waals surface area contributed by atoms with Crippen LogP contribution in [0.3, 0.4) is 0 Å². The minimum absolute atomic E-state index is 0.124. The van der Waals surface area contributed by atoms with Gasteiger partial charge in [0.05, 0.1) is 18.2 Å². The molecule has 1 heterocycles. The molecule has 0 bridgehead atoms. The van der Waals surface area contributed by atoms with Gasteiger partial charge in [0.1, 0.15) is 11.6 Å². The molecule has 2 rings (SSSR count). The van der Waals surface area contributed by atoms with Crippen LogP contribution in [0.4, 0.5) is 8.78 Å². The molecular weight excluding hydrogens is 264 g/mol. The van der Waals surface area contributed by atoms with Crippen molar-refractivity contribution in [1.29, 1.82) is 0 Å². The Morgan fingerprint density at radius 1 is 1.35 bits per heavy atom. The van der Waals surface area contributed by atoms with Gasteiger partial charge in [-0.3, -0.25) is 9.69 Å². The Kier molecular flexibility index (Phi) is 5.20. The third-order valence-corrected chi connectivity index (χ3v) is 3.53. The summed E-state index contributed by atoms with van der Waals surface area (Å²) < 4.78 is 32.1. The van der Waals surface area contributed by atoms with Gasteiger partial charge >= 0.3 is 0 Å². The molecule has 1 saturated heterocycles. The molecule has 1 aromatic rings. The first-order valence-electron chi connectivity index (χ1n) is 6.92. The first-order valence-corrected chi connectivity index (χ1v) is 6.92. The lowest BCUT2D eigenvalue weighted by atomic mass is 10.1. The molecule has 0 aliphatic carbocycles. The molecule has 5 heteroatoms. The summed E-state index contributed by atoms with van der Waals surface area (Å²) in [7, 11) is 0. The van der Waals surface area contributed by atoms with Gasteiger partial charge in [-0.15, -0.1) is 0 Å². The third-order valence-electron chi connectivity index (χ3n) is 3.53. The number of benzene rings is 1. The van der Waals surface area contributed by atoms with Crippen molar-refractivity contribution in [2.75, 3.05) is 26.2 Å². The molecule has 20 heavy (non-hydrogen) atoms. The number of halogens is 2. The highest BCUT2D eigenvalue weighted by Crippen LogP contribution is 2.16. The summed E-state index contributed by atoms with van der Waals surface area (Å²) in [5.41, 5.74) is -0.170. The molecule has 1 aromatic carbocycles. The van der Waals surface area contributed by atoms with E-state index in [4.69, 9.17) is 4.74 Å². The first kappa shape index (κ1) is 15.1. The second-order valence-corrected chi connectivity index (χ2v) is 4.98. The first-order chi connectivity index (χ1) is 9.60. The van der Waals surface area contributed by atoms with E-state index in [2.05, 4.69) is 0 Å². The number of likely N-dealkylation sites (tertiary alicyclic amines) is 1. The highest BCUT2D eigenvalue weighted by atomic mass is 19.1. The van der Waals surface area contributed by atoms with Crippen molar-refractivity contribution in [3.05, 3.63) is 35.4 Å². The smallest absolute Gasteiger partial charge is 0.179 e. The van der Waals surface area contributed by atoms with Crippen LogP contribution in [-0.4, -0.2) is 43.0 Å². The van der Waals surface area contributed by atoms with E-state index in [1.165, 1.54) is 0 Å². The molecule has 110 valence electrons. The topological polar surface area (TPSA) is 29.5 Å². The summed E-state index contributed by atoms with van der Waals surface area (Å²) in [5, 5.41) is 0. The molecule has 1 aliphatic rings. The summed E-state index contributed by atoms with van der Waals surface area (Å²) in [5.74, 6) is -1.64. The van der Waals surface area contributed by atoms with E-state index in [1.807, 2.05) is 11.8 Å². The Labute approximate surface area is 117 Å². The predicted octanol–water partition coefficient (Wildman–Crippen LogP) is 2.65. The van der Waals surface area contributed by atoms with Crippen LogP contribution >= 0.6 is 0 Å². The standard InChI is InChI=1S/C15H19F2NO2/c1-2-20-12-5-7-18(8-6-12)10-15(19)13-9-11(16)3-4-14(13)17/h3-4,9,12H,2,5-8,10H2,1H3. The zero-order valence-electron chi connectivity index (χ0n) is 11.6. The Balaban J connectivity index is 1.91. The maximum absolute atomic E-state index is 13.5. The number of ketones is 1. The highest BCUT2D eigenvalue weighted by molar-refractivity contribution is 5.97. The fraction of sp³-hybridized carbons (Fsp3) is 0.533. The van der Waals surface area contributed by atoms with Crippen molar-refractivity contribution < 1.29 is 18.3 Å². The van der Waals surface area contributed by atoms with Gasteiger partial charge in [0.15, 0.2) is 5.78 Å². The van der Waals surface area contributed by atoms with E-state index in [0.717, 1.165) is 44.1 Å². The molecule has 0 amide bonds. The Morgan fingerprint density at radius 3 is 2.70 bits per heavy atom. The van der Waals surface area contributed by atoms with Gasteiger partial charge in [0.25, 0.3) is 0 Å². The van der Waals surface area contributed by atoms with Gasteiger partial charge in [-0.2, -0.15) is 0 Å². The number of hydrogen-bond donors (Lipinski definition) is 0. The minimum Gasteiger partial charge on any atom is -0.378 e. The van der Waals surface area contributed by atoms with Crippen molar-refractivity contribution in [3.63, 3.8) is 0 Å². The highest BCUT2D eigenvalue weighted by Gasteiger charge is 2.22. The lowest BCUT2D eigenvalue weighted by molar-refractivity contribution is 0.0147. The summed E-state index contributed by atoms with van der Waals surface area (Å²) in [6, 6.07) is 2.97. The summed E-state index contributed by atoms with van der Waals surface area (Å²) in [6.07, 6.45) is 1.98. The number of rotatable bonds is 5. The molecule has 1 fully saturated rings. The quantitative estimate of drug-likeness (QED) is 0.778. The Morgan fingerprint density at radius 2 is 2.05 bits per heavy atom. The summed E-state index contributed by atoms with van der Waals surface area (Å²) >= 11 is 0. The number of Topliss-reactive ketones (excluding diaryl/α,β-unsaturated/α-hetero) is 1. The van der Waals surface area contributed by atoms with E-state index in [0.29, 0.717) is 6.61 Å². The van der Waals surface area contributed by atoms with Crippen LogP contribution in [0.5, 0.6) is 0 Å². The Hall–Kier alpha value is -1.33. The maximum atomic E-state index is 13.5. The zero-order chi connectivity index (χ0) is 14.5. The molecular formula is C15H19F2NO2. The van der Waals surface area contributed by atoms with Crippen LogP contribution in [0.2, 0.25) is 0 Å². The fourth-order valence-corrected chi connectivity index (χ4v) is 2.47. The van der Waals surface area contributed by atoms with Crippen molar-refractivity contribution in [3.8, 4) is 0 Å². The number of ether oxygens (including phenoxy) is 1. The second-order valence-electron chi connectivity index (χ2n) is 4.98. The van der Waals surface area contributed by atoms with Crippen molar-refractivity contribution in [2.45, 2.75) is 25.9 Å².